The number of esters is 1. The molecule has 196 valence electrons. The molecule has 0 atom stereocenters. The predicted molar refractivity (Wildman–Crippen MR) is 137 cm³/mol. The van der Waals surface area contributed by atoms with E-state index < -0.39 is 22.6 Å². The van der Waals surface area contributed by atoms with Gasteiger partial charge in [0.15, 0.2) is 0 Å². The van der Waals surface area contributed by atoms with Crippen LogP contribution in [-0.4, -0.2) is 43.0 Å². The molecule has 0 spiro atoms. The molecule has 1 aliphatic carbocycles. The number of alkyl carbamates (subject to hydrolysis) is 1. The molecule has 0 aliphatic heterocycles. The van der Waals surface area contributed by atoms with Gasteiger partial charge in [-0.05, 0) is 83.2 Å². The van der Waals surface area contributed by atoms with E-state index in [4.69, 9.17) is 25.8 Å². The summed E-state index contributed by atoms with van der Waals surface area (Å²) in [4.78, 5) is 25.6. The Balaban J connectivity index is 1.86. The van der Waals surface area contributed by atoms with E-state index in [0.29, 0.717) is 42.0 Å². The second kappa shape index (κ2) is 11.2. The van der Waals surface area contributed by atoms with Crippen LogP contribution in [0.2, 0.25) is 5.02 Å². The van der Waals surface area contributed by atoms with Crippen molar-refractivity contribution in [2.24, 2.45) is 5.41 Å². The number of benzene rings is 2. The number of amides is 1. The third-order valence-corrected chi connectivity index (χ3v) is 6.38. The van der Waals surface area contributed by atoms with Crippen molar-refractivity contribution in [1.29, 1.82) is 0 Å². The molecule has 0 aromatic heterocycles. The lowest BCUT2D eigenvalue weighted by Crippen LogP contribution is -2.67. The van der Waals surface area contributed by atoms with Gasteiger partial charge in [-0.3, -0.25) is 4.79 Å². The third-order valence-electron chi connectivity index (χ3n) is 6.15. The van der Waals surface area contributed by atoms with Gasteiger partial charge in [-0.25, -0.2) is 9.18 Å². The van der Waals surface area contributed by atoms with Gasteiger partial charge < -0.3 is 19.5 Å². The molecule has 0 unspecified atom stereocenters. The molecule has 0 radical (unpaired) electrons. The van der Waals surface area contributed by atoms with E-state index in [1.54, 1.807) is 33.8 Å². The van der Waals surface area contributed by atoms with Gasteiger partial charge >= 0.3 is 12.1 Å². The van der Waals surface area contributed by atoms with Crippen molar-refractivity contribution in [2.75, 3.05) is 19.8 Å². The first kappa shape index (κ1) is 27.9. The number of hydrogen-bond acceptors (Lipinski definition) is 5. The van der Waals surface area contributed by atoms with Gasteiger partial charge in [0, 0.05) is 22.7 Å². The number of rotatable bonds is 9. The molecule has 1 amide bonds. The van der Waals surface area contributed by atoms with E-state index in [0.717, 1.165) is 5.56 Å². The van der Waals surface area contributed by atoms with E-state index in [2.05, 4.69) is 5.32 Å². The lowest BCUT2D eigenvalue weighted by atomic mass is 9.55. The zero-order valence-corrected chi connectivity index (χ0v) is 22.3. The Labute approximate surface area is 217 Å². The highest BCUT2D eigenvalue weighted by Gasteiger charge is 2.60. The van der Waals surface area contributed by atoms with Crippen LogP contribution in [0.5, 0.6) is 0 Å². The molecule has 1 fully saturated rings. The van der Waals surface area contributed by atoms with Crippen LogP contribution in [0.15, 0.2) is 42.5 Å². The van der Waals surface area contributed by atoms with Gasteiger partial charge in [0.1, 0.15) is 11.4 Å². The van der Waals surface area contributed by atoms with Crippen LogP contribution in [0.1, 0.15) is 53.0 Å². The van der Waals surface area contributed by atoms with E-state index >= 15 is 0 Å². The molecule has 2 aromatic carbocycles. The number of halogens is 2. The van der Waals surface area contributed by atoms with Crippen LogP contribution in [0.25, 0.3) is 11.1 Å². The zero-order chi connectivity index (χ0) is 26.6. The van der Waals surface area contributed by atoms with Gasteiger partial charge in [-0.2, -0.15) is 0 Å². The largest absolute Gasteiger partial charge is 0.465 e. The van der Waals surface area contributed by atoms with Crippen molar-refractivity contribution in [3.05, 3.63) is 58.9 Å². The summed E-state index contributed by atoms with van der Waals surface area (Å²) in [5, 5.41) is 3.48. The van der Waals surface area contributed by atoms with E-state index in [-0.39, 0.29) is 25.0 Å². The van der Waals surface area contributed by atoms with E-state index in [9.17, 15) is 14.0 Å². The average molecular weight is 520 g/mol. The van der Waals surface area contributed by atoms with Crippen molar-refractivity contribution in [2.45, 2.75) is 65.0 Å². The van der Waals surface area contributed by atoms with Crippen LogP contribution >= 0.6 is 11.6 Å². The molecule has 3 rings (SSSR count). The molecule has 8 heteroatoms. The summed E-state index contributed by atoms with van der Waals surface area (Å²) in [6.45, 7) is 9.97. The SMILES string of the molecule is CCOC[C@]1(C(=O)OCC)C[C@](Cc2ccc(-c3cc(Cl)ccc3F)cc2)(NC(=O)OC(C)(C)C)C1. The molecular formula is C28H35ClFNO5. The lowest BCUT2D eigenvalue weighted by molar-refractivity contribution is -0.175. The minimum atomic E-state index is -0.842. The Bertz CT molecular complexity index is 1070. The van der Waals surface area contributed by atoms with Crippen molar-refractivity contribution >= 4 is 23.7 Å². The normalized spacial score (nSPS) is 21.4. The molecule has 0 heterocycles. The molecule has 0 saturated heterocycles. The fourth-order valence-corrected chi connectivity index (χ4v) is 4.99. The van der Waals surface area contributed by atoms with Gasteiger partial charge in [0.25, 0.3) is 0 Å². The van der Waals surface area contributed by atoms with E-state index in [1.165, 1.54) is 12.1 Å². The molecule has 0 bridgehead atoms. The maximum absolute atomic E-state index is 14.3. The van der Waals surface area contributed by atoms with Crippen LogP contribution in [0.3, 0.4) is 0 Å². The van der Waals surface area contributed by atoms with Crippen LogP contribution in [0.4, 0.5) is 9.18 Å². The van der Waals surface area contributed by atoms with E-state index in [1.807, 2.05) is 31.2 Å². The highest BCUT2D eigenvalue weighted by Crippen LogP contribution is 2.51. The minimum Gasteiger partial charge on any atom is -0.465 e. The Morgan fingerprint density at radius 2 is 1.72 bits per heavy atom. The Hall–Kier alpha value is -2.64. The molecule has 1 saturated carbocycles. The lowest BCUT2D eigenvalue weighted by Gasteiger charge is -2.54. The van der Waals surface area contributed by atoms with Crippen molar-refractivity contribution in [3.8, 4) is 11.1 Å². The van der Waals surface area contributed by atoms with Crippen molar-refractivity contribution in [3.63, 3.8) is 0 Å². The molecule has 2 aromatic rings. The number of hydrogen-bond donors (Lipinski definition) is 1. The van der Waals surface area contributed by atoms with Gasteiger partial charge in [0.2, 0.25) is 0 Å². The highest BCUT2D eigenvalue weighted by molar-refractivity contribution is 6.30. The Morgan fingerprint density at radius 3 is 2.31 bits per heavy atom. The van der Waals surface area contributed by atoms with Crippen molar-refractivity contribution < 1.29 is 28.2 Å². The summed E-state index contributed by atoms with van der Waals surface area (Å²) in [6, 6.07) is 11.9. The average Bonchev–Trinajstić information content (AvgIpc) is 2.77. The molecule has 1 N–H and O–H groups in total. The Kier molecular flexibility index (Phi) is 8.67. The number of ether oxygens (including phenoxy) is 3. The Morgan fingerprint density at radius 1 is 1.06 bits per heavy atom. The molecular weight excluding hydrogens is 485 g/mol. The quantitative estimate of drug-likeness (QED) is 0.392. The summed E-state index contributed by atoms with van der Waals surface area (Å²) in [6.07, 6.45) is 0.609. The smallest absolute Gasteiger partial charge is 0.408 e. The second-order valence-corrected chi connectivity index (χ2v) is 10.8. The molecule has 6 nitrogen and oxygen atoms in total. The fourth-order valence-electron chi connectivity index (χ4n) is 4.82. The minimum absolute atomic E-state index is 0.215. The fraction of sp³-hybridized carbons (Fsp3) is 0.500. The van der Waals surface area contributed by atoms with Crippen LogP contribution in [-0.2, 0) is 25.4 Å². The summed E-state index contributed by atoms with van der Waals surface area (Å²) < 4.78 is 30.8. The monoisotopic (exact) mass is 519 g/mol. The highest BCUT2D eigenvalue weighted by atomic mass is 35.5. The summed E-state index contributed by atoms with van der Waals surface area (Å²) in [5.41, 5.74) is -0.205. The summed E-state index contributed by atoms with van der Waals surface area (Å²) in [7, 11) is 0. The van der Waals surface area contributed by atoms with Gasteiger partial charge in [-0.1, -0.05) is 35.9 Å². The topological polar surface area (TPSA) is 73.9 Å². The first-order valence-electron chi connectivity index (χ1n) is 12.2. The first-order valence-corrected chi connectivity index (χ1v) is 12.6. The zero-order valence-electron chi connectivity index (χ0n) is 21.6. The van der Waals surface area contributed by atoms with Gasteiger partial charge in [0.05, 0.1) is 18.6 Å². The van der Waals surface area contributed by atoms with Gasteiger partial charge in [-0.15, -0.1) is 0 Å². The van der Waals surface area contributed by atoms with Crippen LogP contribution < -0.4 is 5.32 Å². The number of carbonyl (C=O) groups excluding carboxylic acids is 2. The number of nitrogens with one attached hydrogen (secondary N) is 1. The molecule has 1 aliphatic rings. The standard InChI is InChI=1S/C28H35ClFNO5/c1-6-34-18-27(24(32)35-7-2)16-28(17-27,31-25(33)36-26(3,4)5)15-19-8-10-20(11-9-19)22-14-21(29)12-13-23(22)30/h8-14H,6-7,15-18H2,1-5H3,(H,31,33)/t27-,28-. The maximum Gasteiger partial charge on any atom is 0.408 e. The predicted octanol–water partition coefficient (Wildman–Crippen LogP) is 6.33. The first-order chi connectivity index (χ1) is 16.9. The second-order valence-electron chi connectivity index (χ2n) is 10.4. The summed E-state index contributed by atoms with van der Waals surface area (Å²) in [5.74, 6) is -0.684. The summed E-state index contributed by atoms with van der Waals surface area (Å²) >= 11 is 6.05. The molecule has 36 heavy (non-hydrogen) atoms. The van der Waals surface area contributed by atoms with Crippen LogP contribution in [0, 0.1) is 11.2 Å². The number of carbonyl (C=O) groups is 2. The van der Waals surface area contributed by atoms with Crippen molar-refractivity contribution in [1.82, 2.24) is 5.32 Å². The third kappa shape index (κ3) is 6.77. The maximum atomic E-state index is 14.3.